The summed E-state index contributed by atoms with van der Waals surface area (Å²) in [7, 11) is 1.40. The number of nitrogens with two attached hydrogens (primary N) is 2. The van der Waals surface area contributed by atoms with E-state index in [1.807, 2.05) is 0 Å². The van der Waals surface area contributed by atoms with Crippen LogP contribution in [0.5, 0.6) is 6.01 Å². The van der Waals surface area contributed by atoms with Crippen molar-refractivity contribution >= 4 is 17.8 Å². The lowest BCUT2D eigenvalue weighted by molar-refractivity contribution is -0.118. The van der Waals surface area contributed by atoms with Gasteiger partial charge in [0.25, 0.3) is 0 Å². The fourth-order valence-corrected chi connectivity index (χ4v) is 0.793. The Bertz CT molecular complexity index is 368. The third kappa shape index (κ3) is 2.93. The fraction of sp³-hybridized carbons (Fsp3) is 0.429. The molecule has 1 unspecified atom stereocenters. The molecule has 0 aliphatic rings. The first-order chi connectivity index (χ1) is 7.02. The summed E-state index contributed by atoms with van der Waals surface area (Å²) in [5.41, 5.74) is 10.4. The number of ether oxygens (including phenoxy) is 1. The number of hydrogen-bond acceptors (Lipinski definition) is 7. The van der Waals surface area contributed by atoms with Crippen molar-refractivity contribution in [3.63, 3.8) is 0 Å². The maximum atomic E-state index is 10.8. The van der Waals surface area contributed by atoms with Gasteiger partial charge in [-0.1, -0.05) is 0 Å². The van der Waals surface area contributed by atoms with Gasteiger partial charge in [0.15, 0.2) is 0 Å². The third-order valence-corrected chi connectivity index (χ3v) is 1.59. The number of nitrogens with one attached hydrogen (secondary N) is 1. The van der Waals surface area contributed by atoms with E-state index in [0.29, 0.717) is 0 Å². The lowest BCUT2D eigenvalue weighted by atomic mass is 10.3. The molecule has 0 saturated carbocycles. The molecule has 1 amide bonds. The van der Waals surface area contributed by atoms with Gasteiger partial charge in [0.1, 0.15) is 6.04 Å². The van der Waals surface area contributed by atoms with Gasteiger partial charge in [0.2, 0.25) is 17.8 Å². The molecule has 1 aromatic heterocycles. The summed E-state index contributed by atoms with van der Waals surface area (Å²) in [6, 6.07) is -0.529. The van der Waals surface area contributed by atoms with Gasteiger partial charge < -0.3 is 21.5 Å². The van der Waals surface area contributed by atoms with Gasteiger partial charge in [-0.05, 0) is 6.92 Å². The fourth-order valence-electron chi connectivity index (χ4n) is 0.793. The van der Waals surface area contributed by atoms with Gasteiger partial charge in [-0.3, -0.25) is 4.79 Å². The lowest BCUT2D eigenvalue weighted by Crippen LogP contribution is -2.33. The quantitative estimate of drug-likeness (QED) is 0.568. The van der Waals surface area contributed by atoms with Gasteiger partial charge in [0, 0.05) is 0 Å². The predicted molar refractivity (Wildman–Crippen MR) is 53.1 cm³/mol. The van der Waals surface area contributed by atoms with Crippen LogP contribution in [0.3, 0.4) is 0 Å². The van der Waals surface area contributed by atoms with E-state index in [0.717, 1.165) is 0 Å². The summed E-state index contributed by atoms with van der Waals surface area (Å²) in [4.78, 5) is 22.0. The van der Waals surface area contributed by atoms with E-state index < -0.39 is 11.9 Å². The molecule has 1 atom stereocenters. The molecule has 1 rings (SSSR count). The number of amides is 1. The van der Waals surface area contributed by atoms with E-state index in [2.05, 4.69) is 20.3 Å². The summed E-state index contributed by atoms with van der Waals surface area (Å²) in [5, 5.41) is 2.66. The second-order valence-corrected chi connectivity index (χ2v) is 2.77. The van der Waals surface area contributed by atoms with E-state index in [9.17, 15) is 4.79 Å². The predicted octanol–water partition coefficient (Wildman–Crippen LogP) is -1.25. The van der Waals surface area contributed by atoms with Crippen LogP contribution in [0.25, 0.3) is 0 Å². The summed E-state index contributed by atoms with van der Waals surface area (Å²) in [6.07, 6.45) is 0. The molecule has 0 spiro atoms. The van der Waals surface area contributed by atoms with Crippen molar-refractivity contribution in [2.75, 3.05) is 18.2 Å². The minimum absolute atomic E-state index is 0.000945. The lowest BCUT2D eigenvalue weighted by Gasteiger charge is -2.10. The molecule has 1 aromatic rings. The van der Waals surface area contributed by atoms with Crippen molar-refractivity contribution in [1.29, 1.82) is 0 Å². The van der Waals surface area contributed by atoms with Crippen molar-refractivity contribution in [3.8, 4) is 6.01 Å². The zero-order chi connectivity index (χ0) is 11.4. The number of hydrogen-bond donors (Lipinski definition) is 3. The summed E-state index contributed by atoms with van der Waals surface area (Å²) in [5.74, 6) is -0.375. The standard InChI is InChI=1S/C7H12N6O2/c1-3(4(8)14)10-6-11-5(9)12-7(13-6)15-2/h3H,1-2H3,(H2,8,14)(H3,9,10,11,12,13). The SMILES string of the molecule is COc1nc(N)nc(NC(C)C(N)=O)n1. The topological polar surface area (TPSA) is 129 Å². The molecule has 15 heavy (non-hydrogen) atoms. The highest BCUT2D eigenvalue weighted by Gasteiger charge is 2.11. The monoisotopic (exact) mass is 212 g/mol. The molecule has 8 nitrogen and oxygen atoms in total. The van der Waals surface area contributed by atoms with Crippen molar-refractivity contribution in [1.82, 2.24) is 15.0 Å². The van der Waals surface area contributed by atoms with Crippen molar-refractivity contribution in [3.05, 3.63) is 0 Å². The largest absolute Gasteiger partial charge is 0.467 e. The number of rotatable bonds is 4. The molecule has 8 heteroatoms. The zero-order valence-corrected chi connectivity index (χ0v) is 8.39. The van der Waals surface area contributed by atoms with Crippen molar-refractivity contribution in [2.45, 2.75) is 13.0 Å². The Hall–Kier alpha value is -2.12. The summed E-state index contributed by atoms with van der Waals surface area (Å²) < 4.78 is 4.78. The maximum absolute atomic E-state index is 10.8. The van der Waals surface area contributed by atoms with Gasteiger partial charge >= 0.3 is 6.01 Å². The van der Waals surface area contributed by atoms with Crippen LogP contribution in [0, 0.1) is 0 Å². The minimum Gasteiger partial charge on any atom is -0.467 e. The Morgan fingerprint density at radius 3 is 2.67 bits per heavy atom. The number of methoxy groups -OCH3 is 1. The molecular weight excluding hydrogens is 200 g/mol. The maximum Gasteiger partial charge on any atom is 0.322 e. The van der Waals surface area contributed by atoms with E-state index in [4.69, 9.17) is 16.2 Å². The molecule has 0 aromatic carbocycles. The third-order valence-electron chi connectivity index (χ3n) is 1.59. The van der Waals surface area contributed by atoms with Crippen LogP contribution in [0.1, 0.15) is 6.92 Å². The average Bonchev–Trinajstić information content (AvgIpc) is 2.16. The Kier molecular flexibility index (Phi) is 3.21. The van der Waals surface area contributed by atoms with E-state index in [1.54, 1.807) is 6.92 Å². The summed E-state index contributed by atoms with van der Waals surface area (Å²) in [6.45, 7) is 1.58. The molecule has 1 heterocycles. The van der Waals surface area contributed by atoms with E-state index in [-0.39, 0.29) is 17.9 Å². The first-order valence-electron chi connectivity index (χ1n) is 4.14. The first-order valence-corrected chi connectivity index (χ1v) is 4.14. The van der Waals surface area contributed by atoms with Crippen LogP contribution < -0.4 is 21.5 Å². The number of nitrogen functional groups attached to an aromatic ring is 1. The van der Waals surface area contributed by atoms with Gasteiger partial charge in [-0.25, -0.2) is 0 Å². The van der Waals surface area contributed by atoms with Crippen LogP contribution in [0.2, 0.25) is 0 Å². The van der Waals surface area contributed by atoms with Gasteiger partial charge in [0.05, 0.1) is 7.11 Å². The highest BCUT2D eigenvalue weighted by atomic mass is 16.5. The summed E-state index contributed by atoms with van der Waals surface area (Å²) >= 11 is 0. The number of primary amides is 1. The average molecular weight is 212 g/mol. The minimum atomic E-state index is -0.600. The second-order valence-electron chi connectivity index (χ2n) is 2.77. The molecular formula is C7H12N6O2. The molecule has 0 fully saturated rings. The highest BCUT2D eigenvalue weighted by molar-refractivity contribution is 5.81. The molecule has 0 bridgehead atoms. The molecule has 82 valence electrons. The number of carbonyl (C=O) groups excluding carboxylic acids is 1. The molecule has 0 radical (unpaired) electrons. The molecule has 0 aliphatic carbocycles. The Morgan fingerprint density at radius 2 is 2.13 bits per heavy atom. The van der Waals surface area contributed by atoms with Crippen LogP contribution in [-0.2, 0) is 4.79 Å². The van der Waals surface area contributed by atoms with Gasteiger partial charge in [-0.15, -0.1) is 0 Å². The molecule has 5 N–H and O–H groups in total. The number of carbonyl (C=O) groups is 1. The number of aromatic nitrogens is 3. The van der Waals surface area contributed by atoms with E-state index >= 15 is 0 Å². The van der Waals surface area contributed by atoms with Crippen molar-refractivity contribution < 1.29 is 9.53 Å². The Labute approximate surface area is 86.1 Å². The van der Waals surface area contributed by atoms with Crippen LogP contribution in [-0.4, -0.2) is 34.0 Å². The second kappa shape index (κ2) is 4.40. The smallest absolute Gasteiger partial charge is 0.322 e. The Morgan fingerprint density at radius 1 is 1.47 bits per heavy atom. The van der Waals surface area contributed by atoms with Crippen LogP contribution in [0.15, 0.2) is 0 Å². The highest BCUT2D eigenvalue weighted by Crippen LogP contribution is 2.08. The number of nitrogens with zero attached hydrogens (tertiary/aromatic N) is 3. The van der Waals surface area contributed by atoms with Crippen LogP contribution >= 0.6 is 0 Å². The molecule has 0 saturated heterocycles. The molecule has 0 aliphatic heterocycles. The van der Waals surface area contributed by atoms with E-state index in [1.165, 1.54) is 7.11 Å². The van der Waals surface area contributed by atoms with Crippen LogP contribution in [0.4, 0.5) is 11.9 Å². The van der Waals surface area contributed by atoms with Crippen molar-refractivity contribution in [2.24, 2.45) is 5.73 Å². The number of anilines is 2. The normalized spacial score (nSPS) is 11.9. The Balaban J connectivity index is 2.85. The first kappa shape index (κ1) is 11.0. The zero-order valence-electron chi connectivity index (χ0n) is 8.39. The van der Waals surface area contributed by atoms with Gasteiger partial charge in [-0.2, -0.15) is 15.0 Å².